The molecule has 0 saturated heterocycles. The Morgan fingerprint density at radius 2 is 1.59 bits per heavy atom. The van der Waals surface area contributed by atoms with Crippen LogP contribution >= 0.6 is 11.6 Å². The fraction of sp³-hybridized carbons (Fsp3) is 0.385. The summed E-state index contributed by atoms with van der Waals surface area (Å²) in [4.78, 5) is 53.8. The zero-order valence-electron chi connectivity index (χ0n) is 19.7. The first-order valence-corrected chi connectivity index (χ1v) is 11.9. The number of hydrogen-bond acceptors (Lipinski definition) is 4. The van der Waals surface area contributed by atoms with Crippen LogP contribution < -0.4 is 5.32 Å². The fourth-order valence-corrected chi connectivity index (χ4v) is 4.03. The van der Waals surface area contributed by atoms with Crippen molar-refractivity contribution >= 4 is 35.2 Å². The Kier molecular flexibility index (Phi) is 8.45. The summed E-state index contributed by atoms with van der Waals surface area (Å²) in [5.74, 6) is -1.18. The standard InChI is InChI=1S/C26H30ClN3O4/c1-4-17(2)28-24(32)18(3)30(16-19-10-5-8-13-22(19)27)23(31)14-9-15-29-25(33)20-11-6-7-12-21(20)26(29)34/h5-8,10-13,17-18H,4,9,14-16H2,1-3H3,(H,28,32)/t17-,18+/m0/s1. The van der Waals surface area contributed by atoms with Gasteiger partial charge >= 0.3 is 0 Å². The van der Waals surface area contributed by atoms with Gasteiger partial charge in [0.15, 0.2) is 0 Å². The number of nitrogens with one attached hydrogen (secondary N) is 1. The molecule has 0 spiro atoms. The molecule has 34 heavy (non-hydrogen) atoms. The lowest BCUT2D eigenvalue weighted by Gasteiger charge is -2.30. The molecule has 0 aromatic heterocycles. The number of fused-ring (bicyclic) bond motifs is 1. The van der Waals surface area contributed by atoms with Gasteiger partial charge in [-0.2, -0.15) is 0 Å². The number of carbonyl (C=O) groups excluding carboxylic acids is 4. The number of hydrogen-bond donors (Lipinski definition) is 1. The van der Waals surface area contributed by atoms with Gasteiger partial charge in [0.05, 0.1) is 11.1 Å². The molecular formula is C26H30ClN3O4. The Hall–Kier alpha value is -3.19. The number of halogens is 1. The zero-order chi connectivity index (χ0) is 24.8. The van der Waals surface area contributed by atoms with Crippen molar-refractivity contribution in [3.8, 4) is 0 Å². The summed E-state index contributed by atoms with van der Waals surface area (Å²) in [7, 11) is 0. The number of nitrogens with zero attached hydrogens (tertiary/aromatic N) is 2. The molecule has 1 aliphatic heterocycles. The zero-order valence-corrected chi connectivity index (χ0v) is 20.5. The summed E-state index contributed by atoms with van der Waals surface area (Å²) < 4.78 is 0. The highest BCUT2D eigenvalue weighted by Gasteiger charge is 2.35. The Morgan fingerprint density at radius 1 is 1.00 bits per heavy atom. The molecule has 3 rings (SSSR count). The van der Waals surface area contributed by atoms with Crippen molar-refractivity contribution in [2.75, 3.05) is 6.54 Å². The minimum atomic E-state index is -0.711. The smallest absolute Gasteiger partial charge is 0.261 e. The molecule has 2 aromatic carbocycles. The van der Waals surface area contributed by atoms with E-state index in [2.05, 4.69) is 5.32 Å². The number of rotatable bonds is 10. The Balaban J connectivity index is 1.68. The van der Waals surface area contributed by atoms with Crippen molar-refractivity contribution in [3.63, 3.8) is 0 Å². The highest BCUT2D eigenvalue weighted by molar-refractivity contribution is 6.31. The molecular weight excluding hydrogens is 454 g/mol. The third kappa shape index (κ3) is 5.65. The summed E-state index contributed by atoms with van der Waals surface area (Å²) in [6.45, 7) is 5.89. The number of amides is 4. The highest BCUT2D eigenvalue weighted by atomic mass is 35.5. The van der Waals surface area contributed by atoms with Crippen LogP contribution in [0, 0.1) is 0 Å². The summed E-state index contributed by atoms with van der Waals surface area (Å²) in [6, 6.07) is 13.2. The van der Waals surface area contributed by atoms with E-state index >= 15 is 0 Å². The first-order valence-electron chi connectivity index (χ1n) is 11.5. The van der Waals surface area contributed by atoms with E-state index in [4.69, 9.17) is 11.6 Å². The van der Waals surface area contributed by atoms with E-state index in [0.717, 1.165) is 12.0 Å². The topological polar surface area (TPSA) is 86.8 Å². The van der Waals surface area contributed by atoms with Gasteiger partial charge in [0.2, 0.25) is 11.8 Å². The Bertz CT molecular complexity index is 1050. The lowest BCUT2D eigenvalue weighted by atomic mass is 10.1. The van der Waals surface area contributed by atoms with Gasteiger partial charge in [-0.25, -0.2) is 0 Å². The second-order valence-corrected chi connectivity index (χ2v) is 8.93. The van der Waals surface area contributed by atoms with Crippen LogP contribution in [0.1, 0.15) is 66.3 Å². The molecule has 4 amide bonds. The summed E-state index contributed by atoms with van der Waals surface area (Å²) in [5, 5.41) is 3.44. The van der Waals surface area contributed by atoms with Crippen LogP contribution in [0.2, 0.25) is 5.02 Å². The third-order valence-corrected chi connectivity index (χ3v) is 6.49. The average Bonchev–Trinajstić information content (AvgIpc) is 3.07. The minimum Gasteiger partial charge on any atom is -0.352 e. The van der Waals surface area contributed by atoms with Gasteiger partial charge in [0, 0.05) is 30.6 Å². The van der Waals surface area contributed by atoms with E-state index in [0.29, 0.717) is 22.6 Å². The number of carbonyl (C=O) groups is 4. The molecule has 180 valence electrons. The van der Waals surface area contributed by atoms with Gasteiger partial charge in [0.1, 0.15) is 6.04 Å². The normalized spacial score (nSPS) is 14.5. The molecule has 0 bridgehead atoms. The van der Waals surface area contributed by atoms with Crippen LogP contribution in [-0.4, -0.2) is 52.1 Å². The maximum absolute atomic E-state index is 13.2. The Morgan fingerprint density at radius 3 is 2.18 bits per heavy atom. The monoisotopic (exact) mass is 483 g/mol. The number of benzene rings is 2. The van der Waals surface area contributed by atoms with E-state index in [1.807, 2.05) is 26.0 Å². The van der Waals surface area contributed by atoms with Crippen molar-refractivity contribution in [1.82, 2.24) is 15.1 Å². The molecule has 2 aromatic rings. The molecule has 8 heteroatoms. The number of imide groups is 1. The maximum atomic E-state index is 13.2. The van der Waals surface area contributed by atoms with E-state index in [1.165, 1.54) is 9.80 Å². The van der Waals surface area contributed by atoms with Crippen LogP contribution in [0.3, 0.4) is 0 Å². The molecule has 0 radical (unpaired) electrons. The van der Waals surface area contributed by atoms with Crippen LogP contribution in [0.25, 0.3) is 0 Å². The second kappa shape index (κ2) is 11.3. The highest BCUT2D eigenvalue weighted by Crippen LogP contribution is 2.23. The van der Waals surface area contributed by atoms with Crippen molar-refractivity contribution in [3.05, 3.63) is 70.2 Å². The lowest BCUT2D eigenvalue weighted by molar-refractivity contribution is -0.141. The lowest BCUT2D eigenvalue weighted by Crippen LogP contribution is -2.49. The Labute approximate surface area is 205 Å². The van der Waals surface area contributed by atoms with E-state index in [-0.39, 0.29) is 49.2 Å². The van der Waals surface area contributed by atoms with Crippen LogP contribution in [-0.2, 0) is 16.1 Å². The molecule has 0 fully saturated rings. The van der Waals surface area contributed by atoms with Crippen LogP contribution in [0.5, 0.6) is 0 Å². The minimum absolute atomic E-state index is 0.0129. The quantitative estimate of drug-likeness (QED) is 0.516. The molecule has 2 atom stereocenters. The predicted molar refractivity (Wildman–Crippen MR) is 130 cm³/mol. The van der Waals surface area contributed by atoms with Crippen LogP contribution in [0.4, 0.5) is 0 Å². The van der Waals surface area contributed by atoms with Crippen molar-refractivity contribution in [2.24, 2.45) is 0 Å². The predicted octanol–water partition coefficient (Wildman–Crippen LogP) is 4.05. The molecule has 0 saturated carbocycles. The van der Waals surface area contributed by atoms with Crippen LogP contribution in [0.15, 0.2) is 48.5 Å². The third-order valence-electron chi connectivity index (χ3n) is 6.12. The van der Waals surface area contributed by atoms with Crippen molar-refractivity contribution in [1.29, 1.82) is 0 Å². The van der Waals surface area contributed by atoms with Gasteiger partial charge in [-0.1, -0.05) is 48.9 Å². The van der Waals surface area contributed by atoms with Crippen molar-refractivity contribution in [2.45, 2.75) is 58.7 Å². The first kappa shape index (κ1) is 25.4. The van der Waals surface area contributed by atoms with E-state index in [1.54, 1.807) is 43.3 Å². The largest absolute Gasteiger partial charge is 0.352 e. The SMILES string of the molecule is CC[C@H](C)NC(=O)[C@@H](C)N(Cc1ccccc1Cl)C(=O)CCCN1C(=O)c2ccccc2C1=O. The molecule has 0 aliphatic carbocycles. The van der Waals surface area contributed by atoms with Gasteiger partial charge in [-0.15, -0.1) is 0 Å². The van der Waals surface area contributed by atoms with E-state index < -0.39 is 6.04 Å². The molecule has 7 nitrogen and oxygen atoms in total. The summed E-state index contributed by atoms with van der Waals surface area (Å²) in [5.41, 5.74) is 1.50. The summed E-state index contributed by atoms with van der Waals surface area (Å²) in [6.07, 6.45) is 1.15. The first-order chi connectivity index (χ1) is 16.2. The van der Waals surface area contributed by atoms with Gasteiger partial charge < -0.3 is 10.2 Å². The summed E-state index contributed by atoms with van der Waals surface area (Å²) >= 11 is 6.31. The second-order valence-electron chi connectivity index (χ2n) is 8.52. The van der Waals surface area contributed by atoms with Gasteiger partial charge in [-0.3, -0.25) is 24.1 Å². The fourth-order valence-electron chi connectivity index (χ4n) is 3.83. The maximum Gasteiger partial charge on any atom is 0.261 e. The van der Waals surface area contributed by atoms with Gasteiger partial charge in [-0.05, 0) is 50.5 Å². The average molecular weight is 484 g/mol. The van der Waals surface area contributed by atoms with Gasteiger partial charge in [0.25, 0.3) is 11.8 Å². The molecule has 1 heterocycles. The molecule has 1 aliphatic rings. The molecule has 1 N–H and O–H groups in total. The van der Waals surface area contributed by atoms with Crippen molar-refractivity contribution < 1.29 is 19.2 Å². The van der Waals surface area contributed by atoms with E-state index in [9.17, 15) is 19.2 Å². The molecule has 0 unspecified atom stereocenters.